The predicted molar refractivity (Wildman–Crippen MR) is 74.1 cm³/mol. The molecule has 16 heavy (non-hydrogen) atoms. The molecule has 0 aromatic rings. The van der Waals surface area contributed by atoms with E-state index in [9.17, 15) is 0 Å². The summed E-state index contributed by atoms with van der Waals surface area (Å²) in [5.74, 6) is 3.81. The molecular formula is C14H27NS. The smallest absolute Gasteiger partial charge is 0.00227 e. The first-order valence-electron chi connectivity index (χ1n) is 6.84. The van der Waals surface area contributed by atoms with Gasteiger partial charge in [0.2, 0.25) is 0 Å². The molecule has 2 fully saturated rings. The highest BCUT2D eigenvalue weighted by Crippen LogP contribution is 2.39. The van der Waals surface area contributed by atoms with Crippen molar-refractivity contribution in [3.8, 4) is 0 Å². The van der Waals surface area contributed by atoms with Crippen LogP contribution in [0.15, 0.2) is 0 Å². The summed E-state index contributed by atoms with van der Waals surface area (Å²) in [6.07, 6.45) is 4.46. The van der Waals surface area contributed by atoms with Crippen molar-refractivity contribution in [3.63, 3.8) is 0 Å². The van der Waals surface area contributed by atoms with E-state index in [2.05, 4.69) is 38.3 Å². The fraction of sp³-hybridized carbons (Fsp3) is 1.00. The van der Waals surface area contributed by atoms with Gasteiger partial charge in [-0.2, -0.15) is 12.6 Å². The summed E-state index contributed by atoms with van der Waals surface area (Å²) in [7, 11) is 0. The summed E-state index contributed by atoms with van der Waals surface area (Å²) in [6.45, 7) is 11.1. The van der Waals surface area contributed by atoms with E-state index in [0.717, 1.165) is 23.5 Å². The normalized spacial score (nSPS) is 33.0. The number of likely N-dealkylation sites (tertiary alicyclic amines) is 1. The van der Waals surface area contributed by atoms with Gasteiger partial charge in [-0.05, 0) is 41.8 Å². The van der Waals surface area contributed by atoms with Crippen molar-refractivity contribution in [2.24, 2.45) is 23.2 Å². The second kappa shape index (κ2) is 4.89. The number of hydrogen-bond donors (Lipinski definition) is 1. The van der Waals surface area contributed by atoms with Crippen LogP contribution in [0.25, 0.3) is 0 Å². The lowest BCUT2D eigenvalue weighted by molar-refractivity contribution is 0.179. The van der Waals surface area contributed by atoms with Crippen LogP contribution in [0.3, 0.4) is 0 Å². The van der Waals surface area contributed by atoms with Gasteiger partial charge in [0.05, 0.1) is 0 Å². The van der Waals surface area contributed by atoms with Crippen LogP contribution in [-0.2, 0) is 0 Å². The summed E-state index contributed by atoms with van der Waals surface area (Å²) >= 11 is 4.54. The molecule has 3 unspecified atom stereocenters. The van der Waals surface area contributed by atoms with Crippen molar-refractivity contribution in [2.75, 3.05) is 25.4 Å². The Morgan fingerprint density at radius 3 is 2.19 bits per heavy atom. The molecule has 1 heterocycles. The molecule has 0 spiro atoms. The molecule has 0 N–H and O–H groups in total. The van der Waals surface area contributed by atoms with Crippen molar-refractivity contribution in [1.82, 2.24) is 4.90 Å². The zero-order chi connectivity index (χ0) is 11.8. The SMILES string of the molecule is CC(C)(C)C(CS)CN1CC2CCCC2C1. The van der Waals surface area contributed by atoms with Crippen LogP contribution in [0, 0.1) is 23.2 Å². The number of rotatable bonds is 3. The minimum atomic E-state index is 0.402. The zero-order valence-corrected chi connectivity index (χ0v) is 12.0. The van der Waals surface area contributed by atoms with Crippen LogP contribution in [0.4, 0.5) is 0 Å². The van der Waals surface area contributed by atoms with Crippen LogP contribution < -0.4 is 0 Å². The van der Waals surface area contributed by atoms with E-state index < -0.39 is 0 Å². The molecule has 94 valence electrons. The summed E-state index contributed by atoms with van der Waals surface area (Å²) in [5, 5.41) is 0. The molecule has 2 heteroatoms. The number of fused-ring (bicyclic) bond motifs is 1. The molecule has 3 atom stereocenters. The maximum absolute atomic E-state index is 4.54. The van der Waals surface area contributed by atoms with Crippen LogP contribution >= 0.6 is 12.6 Å². The van der Waals surface area contributed by atoms with Crippen molar-refractivity contribution < 1.29 is 0 Å². The summed E-state index contributed by atoms with van der Waals surface area (Å²) in [4.78, 5) is 2.71. The van der Waals surface area contributed by atoms with Crippen molar-refractivity contribution in [1.29, 1.82) is 0 Å². The Labute approximate surface area is 106 Å². The summed E-state index contributed by atoms with van der Waals surface area (Å²) in [6, 6.07) is 0. The van der Waals surface area contributed by atoms with Crippen molar-refractivity contribution >= 4 is 12.6 Å². The van der Waals surface area contributed by atoms with E-state index in [-0.39, 0.29) is 0 Å². The van der Waals surface area contributed by atoms with Gasteiger partial charge in [0, 0.05) is 19.6 Å². The Morgan fingerprint density at radius 2 is 1.75 bits per heavy atom. The second-order valence-electron chi connectivity index (χ2n) is 6.92. The van der Waals surface area contributed by atoms with Crippen LogP contribution in [0.1, 0.15) is 40.0 Å². The van der Waals surface area contributed by atoms with Gasteiger partial charge in [-0.1, -0.05) is 27.2 Å². The van der Waals surface area contributed by atoms with Gasteiger partial charge >= 0.3 is 0 Å². The lowest BCUT2D eigenvalue weighted by Crippen LogP contribution is -2.35. The molecule has 0 amide bonds. The quantitative estimate of drug-likeness (QED) is 0.742. The van der Waals surface area contributed by atoms with Crippen molar-refractivity contribution in [3.05, 3.63) is 0 Å². The van der Waals surface area contributed by atoms with Gasteiger partial charge in [0.1, 0.15) is 0 Å². The average molecular weight is 241 g/mol. The molecule has 0 radical (unpaired) electrons. The highest BCUT2D eigenvalue weighted by atomic mass is 32.1. The standard InChI is InChI=1S/C14H27NS/c1-14(2,3)13(10-16)9-15-7-11-5-4-6-12(11)8-15/h11-13,16H,4-10H2,1-3H3. The first-order chi connectivity index (χ1) is 7.50. The maximum atomic E-state index is 4.54. The number of thiol groups is 1. The Morgan fingerprint density at radius 1 is 1.19 bits per heavy atom. The number of hydrogen-bond acceptors (Lipinski definition) is 2. The van der Waals surface area contributed by atoms with E-state index in [4.69, 9.17) is 0 Å². The molecule has 0 aromatic heterocycles. The second-order valence-corrected chi connectivity index (χ2v) is 7.28. The molecule has 1 aliphatic heterocycles. The minimum absolute atomic E-state index is 0.402. The van der Waals surface area contributed by atoms with E-state index in [1.54, 1.807) is 0 Å². The highest BCUT2D eigenvalue weighted by Gasteiger charge is 2.37. The van der Waals surface area contributed by atoms with Gasteiger partial charge in [-0.3, -0.25) is 0 Å². The number of nitrogens with zero attached hydrogens (tertiary/aromatic N) is 1. The van der Waals surface area contributed by atoms with Gasteiger partial charge < -0.3 is 4.90 Å². The van der Waals surface area contributed by atoms with E-state index in [1.807, 2.05) is 0 Å². The Hall–Kier alpha value is 0.310. The first kappa shape index (κ1) is 12.8. The lowest BCUT2D eigenvalue weighted by Gasteiger charge is -2.33. The minimum Gasteiger partial charge on any atom is -0.302 e. The first-order valence-corrected chi connectivity index (χ1v) is 7.47. The molecule has 2 aliphatic rings. The fourth-order valence-electron chi connectivity index (χ4n) is 3.40. The summed E-state index contributed by atoms with van der Waals surface area (Å²) < 4.78 is 0. The largest absolute Gasteiger partial charge is 0.302 e. The monoisotopic (exact) mass is 241 g/mol. The van der Waals surface area contributed by atoms with Gasteiger partial charge in [-0.25, -0.2) is 0 Å². The Bertz CT molecular complexity index is 221. The third kappa shape index (κ3) is 2.76. The molecular weight excluding hydrogens is 214 g/mol. The molecule has 1 aliphatic carbocycles. The fourth-order valence-corrected chi connectivity index (χ4v) is 4.06. The topological polar surface area (TPSA) is 3.24 Å². The van der Waals surface area contributed by atoms with E-state index >= 15 is 0 Å². The van der Waals surface area contributed by atoms with Gasteiger partial charge in [0.25, 0.3) is 0 Å². The molecule has 1 nitrogen and oxygen atoms in total. The Balaban J connectivity index is 1.86. The third-order valence-corrected chi connectivity index (χ3v) is 5.17. The predicted octanol–water partition coefficient (Wildman–Crippen LogP) is 3.31. The maximum Gasteiger partial charge on any atom is 0.00227 e. The van der Waals surface area contributed by atoms with Crippen molar-refractivity contribution in [2.45, 2.75) is 40.0 Å². The molecule has 1 saturated heterocycles. The van der Waals surface area contributed by atoms with Crippen LogP contribution in [0.5, 0.6) is 0 Å². The van der Waals surface area contributed by atoms with E-state index in [1.165, 1.54) is 38.9 Å². The molecule has 2 rings (SSSR count). The molecule has 1 saturated carbocycles. The summed E-state index contributed by atoms with van der Waals surface area (Å²) in [5.41, 5.74) is 0.402. The highest BCUT2D eigenvalue weighted by molar-refractivity contribution is 7.80. The molecule has 0 bridgehead atoms. The molecule has 0 aromatic carbocycles. The lowest BCUT2D eigenvalue weighted by atomic mass is 9.81. The van der Waals surface area contributed by atoms with Gasteiger partial charge in [0.15, 0.2) is 0 Å². The third-order valence-electron chi connectivity index (χ3n) is 4.73. The zero-order valence-electron chi connectivity index (χ0n) is 11.1. The average Bonchev–Trinajstić information content (AvgIpc) is 2.71. The van der Waals surface area contributed by atoms with Crippen LogP contribution in [0.2, 0.25) is 0 Å². The van der Waals surface area contributed by atoms with E-state index in [0.29, 0.717) is 5.41 Å². The van der Waals surface area contributed by atoms with Gasteiger partial charge in [-0.15, -0.1) is 0 Å². The Kier molecular flexibility index (Phi) is 3.90. The van der Waals surface area contributed by atoms with Crippen LogP contribution in [-0.4, -0.2) is 30.3 Å².